The zero-order chi connectivity index (χ0) is 20.4. The molecule has 0 aromatic carbocycles. The summed E-state index contributed by atoms with van der Waals surface area (Å²) in [7, 11) is -3.71. The Hall–Kier alpha value is -1.73. The van der Waals surface area contributed by atoms with E-state index in [1.807, 2.05) is 13.0 Å². The van der Waals surface area contributed by atoms with Gasteiger partial charge in [0.15, 0.2) is 0 Å². The van der Waals surface area contributed by atoms with Gasteiger partial charge in [0.05, 0.1) is 12.7 Å². The fraction of sp³-hybridized carbons (Fsp3) is 0.684. The van der Waals surface area contributed by atoms with Crippen molar-refractivity contribution in [2.45, 2.75) is 37.5 Å². The number of hydrogen-bond donors (Lipinski definition) is 2. The molecule has 0 spiro atoms. The molecule has 2 rings (SSSR count). The molecule has 0 saturated carbocycles. The van der Waals surface area contributed by atoms with Crippen LogP contribution in [0.1, 0.15) is 32.6 Å². The van der Waals surface area contributed by atoms with E-state index >= 15 is 0 Å². The predicted molar refractivity (Wildman–Crippen MR) is 106 cm³/mol. The van der Waals surface area contributed by atoms with E-state index in [9.17, 15) is 8.42 Å². The van der Waals surface area contributed by atoms with Gasteiger partial charge >= 0.3 is 0 Å². The molecule has 1 aliphatic rings. The molecule has 2 unspecified atom stereocenters. The summed E-state index contributed by atoms with van der Waals surface area (Å²) in [6.45, 7) is 4.60. The number of nitrogens with zero attached hydrogens (tertiary/aromatic N) is 3. The molecule has 1 aromatic heterocycles. The van der Waals surface area contributed by atoms with Crippen molar-refractivity contribution >= 4 is 15.8 Å². The van der Waals surface area contributed by atoms with Crippen LogP contribution in [0.15, 0.2) is 23.2 Å². The summed E-state index contributed by atoms with van der Waals surface area (Å²) in [5, 5.41) is 21.1. The van der Waals surface area contributed by atoms with Gasteiger partial charge in [-0.15, -0.1) is 0 Å². The third kappa shape index (κ3) is 6.71. The number of pyridine rings is 1. The fourth-order valence-electron chi connectivity index (χ4n) is 3.04. The van der Waals surface area contributed by atoms with Crippen molar-refractivity contribution in [2.24, 2.45) is 11.8 Å². The second kappa shape index (κ2) is 11.3. The van der Waals surface area contributed by atoms with Crippen LogP contribution in [0.3, 0.4) is 0 Å². The summed E-state index contributed by atoms with van der Waals surface area (Å²) >= 11 is 0. The van der Waals surface area contributed by atoms with E-state index < -0.39 is 10.0 Å². The second-order valence-electron chi connectivity index (χ2n) is 7.24. The van der Waals surface area contributed by atoms with Crippen LogP contribution in [-0.2, 0) is 14.8 Å². The maximum Gasteiger partial charge on any atom is 0.244 e. The molecular weight excluding hydrogens is 380 g/mol. The molecule has 0 aliphatic carbocycles. The molecule has 1 aliphatic heterocycles. The largest absolute Gasteiger partial charge is 0.396 e. The van der Waals surface area contributed by atoms with E-state index in [2.05, 4.69) is 10.3 Å². The van der Waals surface area contributed by atoms with E-state index in [1.54, 1.807) is 12.1 Å². The van der Waals surface area contributed by atoms with Crippen LogP contribution in [0.2, 0.25) is 0 Å². The summed E-state index contributed by atoms with van der Waals surface area (Å²) in [6.07, 6.45) is 4.14. The SMILES string of the molecule is CC(CO)CCCNc1ccc(S(=O)(=O)N(CCC#N)CC2CCOC2)cn1. The zero-order valence-electron chi connectivity index (χ0n) is 16.4. The minimum absolute atomic E-state index is 0.129. The Balaban J connectivity index is 1.98. The van der Waals surface area contributed by atoms with Crippen molar-refractivity contribution in [3.05, 3.63) is 18.3 Å². The number of anilines is 1. The summed E-state index contributed by atoms with van der Waals surface area (Å²) in [5.74, 6) is 1.04. The van der Waals surface area contributed by atoms with Crippen molar-refractivity contribution in [3.8, 4) is 6.07 Å². The highest BCUT2D eigenvalue weighted by Crippen LogP contribution is 2.21. The van der Waals surface area contributed by atoms with Gasteiger partial charge in [0, 0.05) is 45.5 Å². The first kappa shape index (κ1) is 22.6. The van der Waals surface area contributed by atoms with Crippen molar-refractivity contribution in [1.29, 1.82) is 5.26 Å². The molecule has 1 fully saturated rings. The van der Waals surface area contributed by atoms with Gasteiger partial charge in [-0.1, -0.05) is 6.92 Å². The van der Waals surface area contributed by atoms with Crippen LogP contribution in [0, 0.1) is 23.2 Å². The van der Waals surface area contributed by atoms with Crippen LogP contribution in [0.5, 0.6) is 0 Å². The molecule has 156 valence electrons. The average molecular weight is 411 g/mol. The van der Waals surface area contributed by atoms with Gasteiger partial charge in [-0.2, -0.15) is 9.57 Å². The number of nitrogens with one attached hydrogen (secondary N) is 1. The van der Waals surface area contributed by atoms with Crippen LogP contribution in [-0.4, -0.2) is 62.3 Å². The first-order valence-corrected chi connectivity index (χ1v) is 11.2. The van der Waals surface area contributed by atoms with Gasteiger partial charge in [-0.05, 0) is 43.2 Å². The van der Waals surface area contributed by atoms with Crippen LogP contribution in [0.25, 0.3) is 0 Å². The van der Waals surface area contributed by atoms with E-state index in [1.165, 1.54) is 10.5 Å². The predicted octanol–water partition coefficient (Wildman–Crippen LogP) is 1.84. The molecule has 8 nitrogen and oxygen atoms in total. The Morgan fingerprint density at radius 3 is 2.93 bits per heavy atom. The number of aliphatic hydroxyl groups is 1. The Morgan fingerprint density at radius 2 is 2.32 bits per heavy atom. The summed E-state index contributed by atoms with van der Waals surface area (Å²) in [5.41, 5.74) is 0. The monoisotopic (exact) mass is 410 g/mol. The zero-order valence-corrected chi connectivity index (χ0v) is 17.2. The third-order valence-corrected chi connectivity index (χ3v) is 6.67. The number of aromatic nitrogens is 1. The smallest absolute Gasteiger partial charge is 0.244 e. The van der Waals surface area contributed by atoms with Crippen LogP contribution < -0.4 is 5.32 Å². The molecule has 0 amide bonds. The van der Waals surface area contributed by atoms with E-state index in [-0.39, 0.29) is 36.3 Å². The molecule has 28 heavy (non-hydrogen) atoms. The van der Waals surface area contributed by atoms with Crippen molar-refractivity contribution in [2.75, 3.05) is 44.8 Å². The fourth-order valence-corrected chi connectivity index (χ4v) is 4.51. The lowest BCUT2D eigenvalue weighted by molar-refractivity contribution is 0.180. The first-order chi connectivity index (χ1) is 13.5. The van der Waals surface area contributed by atoms with E-state index in [0.717, 1.165) is 19.3 Å². The van der Waals surface area contributed by atoms with Gasteiger partial charge in [0.2, 0.25) is 10.0 Å². The highest BCUT2D eigenvalue weighted by molar-refractivity contribution is 7.89. The number of hydrogen-bond acceptors (Lipinski definition) is 7. The Morgan fingerprint density at radius 1 is 1.50 bits per heavy atom. The number of nitriles is 1. The van der Waals surface area contributed by atoms with Gasteiger partial charge in [0.25, 0.3) is 0 Å². The summed E-state index contributed by atoms with van der Waals surface area (Å²) < 4.78 is 32.7. The summed E-state index contributed by atoms with van der Waals surface area (Å²) in [4.78, 5) is 4.35. The molecule has 9 heteroatoms. The van der Waals surface area contributed by atoms with Gasteiger partial charge < -0.3 is 15.2 Å². The molecular formula is C19H30N4O4S. The average Bonchev–Trinajstić information content (AvgIpc) is 3.21. The standard InChI is InChI=1S/C19H30N4O4S/c1-16(14-24)4-2-9-21-19-6-5-18(12-22-19)28(25,26)23(10-3-8-20)13-17-7-11-27-15-17/h5-6,12,16-17,24H,2-4,7,9-11,13-15H2,1H3,(H,21,22). The Bertz CT molecular complexity index is 727. The van der Waals surface area contributed by atoms with Crippen LogP contribution >= 0.6 is 0 Å². The molecule has 0 bridgehead atoms. The summed E-state index contributed by atoms with van der Waals surface area (Å²) in [6, 6.07) is 5.22. The van der Waals surface area contributed by atoms with E-state index in [0.29, 0.717) is 32.1 Å². The number of sulfonamides is 1. The number of aliphatic hydroxyl groups excluding tert-OH is 1. The molecule has 1 aromatic rings. The topological polar surface area (TPSA) is 116 Å². The van der Waals surface area contributed by atoms with Gasteiger partial charge in [-0.25, -0.2) is 13.4 Å². The van der Waals surface area contributed by atoms with Crippen molar-refractivity contribution < 1.29 is 18.3 Å². The van der Waals surface area contributed by atoms with Crippen molar-refractivity contribution in [1.82, 2.24) is 9.29 Å². The first-order valence-electron chi connectivity index (χ1n) is 9.73. The maximum atomic E-state index is 13.0. The molecule has 2 atom stereocenters. The number of rotatable bonds is 12. The lowest BCUT2D eigenvalue weighted by atomic mass is 10.1. The minimum Gasteiger partial charge on any atom is -0.396 e. The number of ether oxygens (including phenoxy) is 1. The highest BCUT2D eigenvalue weighted by atomic mass is 32.2. The molecule has 0 radical (unpaired) electrons. The van der Waals surface area contributed by atoms with Gasteiger partial charge in [0.1, 0.15) is 10.7 Å². The van der Waals surface area contributed by atoms with Crippen LogP contribution in [0.4, 0.5) is 5.82 Å². The maximum absolute atomic E-state index is 13.0. The normalized spacial score (nSPS) is 18.1. The minimum atomic E-state index is -3.71. The molecule has 2 N–H and O–H groups in total. The quantitative estimate of drug-likeness (QED) is 0.505. The lowest BCUT2D eigenvalue weighted by Crippen LogP contribution is -2.36. The third-order valence-electron chi connectivity index (χ3n) is 4.82. The Kier molecular flexibility index (Phi) is 9.12. The Labute approximate surface area is 167 Å². The van der Waals surface area contributed by atoms with Crippen molar-refractivity contribution in [3.63, 3.8) is 0 Å². The lowest BCUT2D eigenvalue weighted by Gasteiger charge is -2.23. The van der Waals surface area contributed by atoms with Gasteiger partial charge in [-0.3, -0.25) is 0 Å². The van der Waals surface area contributed by atoms with E-state index in [4.69, 9.17) is 15.1 Å². The molecule has 2 heterocycles. The molecule has 1 saturated heterocycles. The highest BCUT2D eigenvalue weighted by Gasteiger charge is 2.28. The second-order valence-corrected chi connectivity index (χ2v) is 9.17.